The van der Waals surface area contributed by atoms with Crippen LogP contribution in [-0.2, 0) is 14.8 Å². The molecule has 0 bridgehead atoms. The van der Waals surface area contributed by atoms with Crippen LogP contribution in [0.1, 0.15) is 6.92 Å². The SMILES string of the molecule is CCOc1ccc(-n2c(SCC(=O)Nc3ccccc3OC)nnc2-c2cn(S(=O)(=O)c3ccccc3)c3ccccc23)cc1. The minimum Gasteiger partial charge on any atom is -0.495 e. The number of carbonyl (C=O) groups excluding carboxylic acids is 1. The quantitative estimate of drug-likeness (QED) is 0.165. The van der Waals surface area contributed by atoms with Gasteiger partial charge in [-0.15, -0.1) is 10.2 Å². The fourth-order valence-electron chi connectivity index (χ4n) is 4.93. The smallest absolute Gasteiger partial charge is 0.268 e. The Balaban J connectivity index is 1.42. The molecule has 45 heavy (non-hydrogen) atoms. The van der Waals surface area contributed by atoms with Crippen molar-refractivity contribution in [2.75, 3.05) is 24.8 Å². The highest BCUT2D eigenvalue weighted by molar-refractivity contribution is 7.99. The minimum absolute atomic E-state index is 0.0390. The van der Waals surface area contributed by atoms with Gasteiger partial charge in [0.15, 0.2) is 11.0 Å². The van der Waals surface area contributed by atoms with E-state index in [0.717, 1.165) is 0 Å². The third kappa shape index (κ3) is 6.02. The molecular weight excluding hydrogens is 611 g/mol. The summed E-state index contributed by atoms with van der Waals surface area (Å²) in [7, 11) is -2.37. The Hall–Kier alpha value is -5.07. The molecule has 6 aromatic rings. The summed E-state index contributed by atoms with van der Waals surface area (Å²) in [5.41, 5.74) is 2.35. The van der Waals surface area contributed by atoms with Crippen LogP contribution in [0.15, 0.2) is 119 Å². The zero-order valence-electron chi connectivity index (χ0n) is 24.5. The maximum absolute atomic E-state index is 13.8. The minimum atomic E-state index is -3.92. The first-order valence-electron chi connectivity index (χ1n) is 14.1. The number of nitrogens with zero attached hydrogens (tertiary/aromatic N) is 4. The lowest BCUT2D eigenvalue weighted by molar-refractivity contribution is -0.113. The second-order valence-electron chi connectivity index (χ2n) is 9.78. The Morgan fingerprint density at radius 1 is 0.889 bits per heavy atom. The van der Waals surface area contributed by atoms with Crippen molar-refractivity contribution in [3.05, 3.63) is 109 Å². The molecule has 228 valence electrons. The molecule has 0 radical (unpaired) electrons. The van der Waals surface area contributed by atoms with Gasteiger partial charge in [-0.05, 0) is 61.5 Å². The van der Waals surface area contributed by atoms with Crippen LogP contribution in [0.25, 0.3) is 28.0 Å². The zero-order valence-corrected chi connectivity index (χ0v) is 26.1. The summed E-state index contributed by atoms with van der Waals surface area (Å²) in [6.07, 6.45) is 1.57. The second-order valence-corrected chi connectivity index (χ2v) is 12.5. The van der Waals surface area contributed by atoms with Crippen LogP contribution < -0.4 is 14.8 Å². The molecule has 0 saturated carbocycles. The van der Waals surface area contributed by atoms with Gasteiger partial charge in [-0.1, -0.05) is 60.3 Å². The number of carbonyl (C=O) groups is 1. The largest absolute Gasteiger partial charge is 0.495 e. The highest BCUT2D eigenvalue weighted by Gasteiger charge is 2.25. The van der Waals surface area contributed by atoms with E-state index in [1.54, 1.807) is 67.9 Å². The van der Waals surface area contributed by atoms with E-state index in [0.29, 0.717) is 56.9 Å². The van der Waals surface area contributed by atoms with E-state index < -0.39 is 10.0 Å². The number of fused-ring (bicyclic) bond motifs is 1. The predicted molar refractivity (Wildman–Crippen MR) is 175 cm³/mol. The summed E-state index contributed by atoms with van der Waals surface area (Å²) < 4.78 is 41.6. The molecule has 0 atom stereocenters. The molecule has 0 aliphatic carbocycles. The molecule has 12 heteroatoms. The van der Waals surface area contributed by atoms with E-state index in [2.05, 4.69) is 15.5 Å². The summed E-state index contributed by atoms with van der Waals surface area (Å²) in [6, 6.07) is 30.1. The van der Waals surface area contributed by atoms with Gasteiger partial charge >= 0.3 is 0 Å². The van der Waals surface area contributed by atoms with Gasteiger partial charge in [0, 0.05) is 22.8 Å². The van der Waals surface area contributed by atoms with Crippen molar-refractivity contribution in [2.45, 2.75) is 17.0 Å². The van der Waals surface area contributed by atoms with Crippen LogP contribution in [0.5, 0.6) is 11.5 Å². The number of hydrogen-bond acceptors (Lipinski definition) is 8. The number of rotatable bonds is 11. The molecule has 2 heterocycles. The molecule has 2 aromatic heterocycles. The maximum atomic E-state index is 13.8. The van der Waals surface area contributed by atoms with Crippen LogP contribution in [0.4, 0.5) is 5.69 Å². The molecule has 0 aliphatic rings. The Kier molecular flexibility index (Phi) is 8.58. The number of hydrogen-bond donors (Lipinski definition) is 1. The number of methoxy groups -OCH3 is 1. The first-order valence-corrected chi connectivity index (χ1v) is 16.5. The fourth-order valence-corrected chi connectivity index (χ4v) is 7.07. The first-order chi connectivity index (χ1) is 21.9. The summed E-state index contributed by atoms with van der Waals surface area (Å²) in [5, 5.41) is 13.0. The molecule has 1 amide bonds. The highest BCUT2D eigenvalue weighted by atomic mass is 32.2. The number of para-hydroxylation sites is 3. The Labute approximate surface area is 264 Å². The van der Waals surface area contributed by atoms with Crippen molar-refractivity contribution in [1.29, 1.82) is 0 Å². The number of anilines is 1. The average molecular weight is 640 g/mol. The summed E-state index contributed by atoms with van der Waals surface area (Å²) in [6.45, 7) is 2.44. The van der Waals surface area contributed by atoms with Crippen molar-refractivity contribution in [2.24, 2.45) is 0 Å². The Morgan fingerprint density at radius 2 is 1.60 bits per heavy atom. The molecule has 10 nitrogen and oxygen atoms in total. The second kappa shape index (κ2) is 12.9. The van der Waals surface area contributed by atoms with Gasteiger partial charge in [0.25, 0.3) is 10.0 Å². The highest BCUT2D eigenvalue weighted by Crippen LogP contribution is 2.36. The van der Waals surface area contributed by atoms with Crippen LogP contribution >= 0.6 is 11.8 Å². The van der Waals surface area contributed by atoms with E-state index in [1.165, 1.54) is 15.7 Å². The van der Waals surface area contributed by atoms with Crippen molar-refractivity contribution in [3.63, 3.8) is 0 Å². The topological polar surface area (TPSA) is 117 Å². The Bertz CT molecular complexity index is 2070. The number of ether oxygens (including phenoxy) is 2. The van der Waals surface area contributed by atoms with Crippen LogP contribution in [0, 0.1) is 0 Å². The number of nitrogens with one attached hydrogen (secondary N) is 1. The molecule has 0 unspecified atom stereocenters. The third-order valence-corrected chi connectivity index (χ3v) is 9.59. The van der Waals surface area contributed by atoms with Crippen LogP contribution in [0.3, 0.4) is 0 Å². The van der Waals surface area contributed by atoms with Gasteiger partial charge in [0.1, 0.15) is 11.5 Å². The number of thioether (sulfide) groups is 1. The summed E-state index contributed by atoms with van der Waals surface area (Å²) in [4.78, 5) is 13.2. The molecular formula is C33H29N5O5S2. The van der Waals surface area contributed by atoms with E-state index in [9.17, 15) is 13.2 Å². The zero-order chi connectivity index (χ0) is 31.4. The lowest BCUT2D eigenvalue weighted by Crippen LogP contribution is -2.15. The molecule has 0 aliphatic heterocycles. The fraction of sp³-hybridized carbons (Fsp3) is 0.121. The molecule has 0 spiro atoms. The van der Waals surface area contributed by atoms with Crippen LogP contribution in [-0.4, -0.2) is 52.5 Å². The number of benzene rings is 4. The van der Waals surface area contributed by atoms with Gasteiger partial charge < -0.3 is 14.8 Å². The van der Waals surface area contributed by atoms with Gasteiger partial charge in [-0.3, -0.25) is 9.36 Å². The predicted octanol–water partition coefficient (Wildman–Crippen LogP) is 6.26. The van der Waals surface area contributed by atoms with Crippen molar-refractivity contribution < 1.29 is 22.7 Å². The molecule has 0 fully saturated rings. The molecule has 6 rings (SSSR count). The van der Waals surface area contributed by atoms with Crippen molar-refractivity contribution in [3.8, 4) is 28.6 Å². The molecule has 1 N–H and O–H groups in total. The van der Waals surface area contributed by atoms with E-state index in [4.69, 9.17) is 9.47 Å². The summed E-state index contributed by atoms with van der Waals surface area (Å²) >= 11 is 1.21. The van der Waals surface area contributed by atoms with Crippen molar-refractivity contribution >= 4 is 44.3 Å². The van der Waals surface area contributed by atoms with Crippen molar-refractivity contribution in [1.82, 2.24) is 18.7 Å². The molecule has 0 saturated heterocycles. The van der Waals surface area contributed by atoms with E-state index in [-0.39, 0.29) is 16.6 Å². The number of amides is 1. The summed E-state index contributed by atoms with van der Waals surface area (Å²) in [5.74, 6) is 1.46. The van der Waals surface area contributed by atoms with Gasteiger partial charge in [0.2, 0.25) is 5.91 Å². The maximum Gasteiger partial charge on any atom is 0.268 e. The first kappa shape index (κ1) is 30.0. The van der Waals surface area contributed by atoms with E-state index >= 15 is 0 Å². The normalized spacial score (nSPS) is 11.4. The van der Waals surface area contributed by atoms with E-state index in [1.807, 2.05) is 60.0 Å². The standard InChI is InChI=1S/C33H29N5O5S2/c1-3-43-24-19-17-23(18-20-24)38-32(35-36-33(38)44-22-31(39)34-28-14-8-10-16-30(28)42-2)27-21-37(29-15-9-7-13-26(27)29)45(40,41)25-11-5-4-6-12-25/h4-21H,3,22H2,1-2H3,(H,34,39). The Morgan fingerprint density at radius 3 is 2.36 bits per heavy atom. The number of aromatic nitrogens is 4. The third-order valence-electron chi connectivity index (χ3n) is 6.97. The lowest BCUT2D eigenvalue weighted by Gasteiger charge is -2.12. The monoisotopic (exact) mass is 639 g/mol. The van der Waals surface area contributed by atoms with Gasteiger partial charge in [-0.25, -0.2) is 12.4 Å². The van der Waals surface area contributed by atoms with Gasteiger partial charge in [0.05, 0.1) is 35.6 Å². The van der Waals surface area contributed by atoms with Crippen LogP contribution in [0.2, 0.25) is 0 Å². The molecule has 4 aromatic carbocycles. The average Bonchev–Trinajstić information content (AvgIpc) is 3.67. The lowest BCUT2D eigenvalue weighted by atomic mass is 10.1. The van der Waals surface area contributed by atoms with Gasteiger partial charge in [-0.2, -0.15) is 0 Å².